The maximum atomic E-state index is 14.4. The summed E-state index contributed by atoms with van der Waals surface area (Å²) in [7, 11) is -3.48. The topological polar surface area (TPSA) is 89.8 Å². The molecule has 0 radical (unpaired) electrons. The van der Waals surface area contributed by atoms with Crippen molar-refractivity contribution in [1.82, 2.24) is 19.7 Å². The van der Waals surface area contributed by atoms with Gasteiger partial charge in [-0.25, -0.2) is 27.5 Å². The summed E-state index contributed by atoms with van der Waals surface area (Å²) in [5, 5.41) is 8.00. The Morgan fingerprint density at radius 2 is 2.00 bits per heavy atom. The van der Waals surface area contributed by atoms with Crippen molar-refractivity contribution in [2.45, 2.75) is 24.8 Å². The van der Waals surface area contributed by atoms with Crippen LogP contribution in [-0.4, -0.2) is 40.5 Å². The van der Waals surface area contributed by atoms with E-state index in [0.29, 0.717) is 16.9 Å². The summed E-state index contributed by atoms with van der Waals surface area (Å²) in [6.45, 7) is 3.95. The lowest BCUT2D eigenvalue weighted by atomic mass is 10.3. The lowest BCUT2D eigenvalue weighted by molar-refractivity contribution is 0.592. The average Bonchev–Trinajstić information content (AvgIpc) is 2.90. The number of hydrogen-bond acceptors (Lipinski definition) is 6. The first-order chi connectivity index (χ1) is 11.3. The van der Waals surface area contributed by atoms with E-state index in [1.165, 1.54) is 23.1 Å². The molecule has 0 bridgehead atoms. The smallest absolute Gasteiger partial charge is 0.175 e. The molecule has 0 aliphatic heterocycles. The summed E-state index contributed by atoms with van der Waals surface area (Å²) in [6, 6.07) is 3.86. The summed E-state index contributed by atoms with van der Waals surface area (Å²) < 4.78 is 38.8. The van der Waals surface area contributed by atoms with Crippen LogP contribution in [0.4, 0.5) is 10.2 Å². The highest BCUT2D eigenvalue weighted by atomic mass is 32.2. The van der Waals surface area contributed by atoms with Crippen LogP contribution in [0.5, 0.6) is 0 Å². The zero-order chi connectivity index (χ0) is 17.5. The van der Waals surface area contributed by atoms with E-state index >= 15 is 0 Å². The molecular weight excluding hydrogens is 333 g/mol. The Balaban J connectivity index is 2.14. The van der Waals surface area contributed by atoms with Crippen LogP contribution in [0.15, 0.2) is 35.6 Å². The number of nitrogens with zero attached hydrogens (tertiary/aromatic N) is 4. The molecule has 2 heterocycles. The highest BCUT2D eigenvalue weighted by Gasteiger charge is 2.16. The van der Waals surface area contributed by atoms with Gasteiger partial charge in [0.1, 0.15) is 23.6 Å². The number of benzene rings is 1. The van der Waals surface area contributed by atoms with E-state index in [1.54, 1.807) is 6.20 Å². The number of anilines is 1. The molecule has 0 saturated heterocycles. The molecule has 0 atom stereocenters. The summed E-state index contributed by atoms with van der Waals surface area (Å²) >= 11 is 0. The number of halogens is 1. The molecule has 1 N–H and O–H groups in total. The zero-order valence-electron chi connectivity index (χ0n) is 13.4. The maximum Gasteiger partial charge on any atom is 0.175 e. The van der Waals surface area contributed by atoms with Gasteiger partial charge in [0.15, 0.2) is 15.5 Å². The van der Waals surface area contributed by atoms with Crippen molar-refractivity contribution in [2.75, 3.05) is 11.6 Å². The molecular formula is C15H16FN5O2S. The zero-order valence-corrected chi connectivity index (χ0v) is 14.2. The van der Waals surface area contributed by atoms with E-state index in [0.717, 1.165) is 12.3 Å². The van der Waals surface area contributed by atoms with E-state index in [1.807, 2.05) is 13.8 Å². The van der Waals surface area contributed by atoms with Gasteiger partial charge in [0.25, 0.3) is 0 Å². The van der Waals surface area contributed by atoms with Crippen molar-refractivity contribution in [3.63, 3.8) is 0 Å². The highest BCUT2D eigenvalue weighted by molar-refractivity contribution is 7.90. The molecule has 0 aliphatic rings. The summed E-state index contributed by atoms with van der Waals surface area (Å²) in [6.07, 6.45) is 3.94. The fraction of sp³-hybridized carbons (Fsp3) is 0.267. The second kappa shape index (κ2) is 5.82. The average molecular weight is 349 g/mol. The molecule has 0 aliphatic carbocycles. The standard InChI is InChI=1S/C15H16FN5O2S/c1-9(2)20-14-11-7-19-21(15(11)18-8-17-14)13-5-4-10(6-12(13)16)24(3,22)23/h4-9H,1-3H3,(H,17,18,20). The molecule has 3 aromatic rings. The van der Waals surface area contributed by atoms with Gasteiger partial charge in [0.2, 0.25) is 0 Å². The van der Waals surface area contributed by atoms with Gasteiger partial charge in [-0.05, 0) is 32.0 Å². The Bertz CT molecular complexity index is 1010. The second-order valence-electron chi connectivity index (χ2n) is 5.70. The van der Waals surface area contributed by atoms with Crippen LogP contribution in [0.3, 0.4) is 0 Å². The molecule has 2 aromatic heterocycles. The predicted molar refractivity (Wildman–Crippen MR) is 88.5 cm³/mol. The molecule has 0 amide bonds. The Kier molecular flexibility index (Phi) is 3.96. The van der Waals surface area contributed by atoms with Crippen molar-refractivity contribution in [2.24, 2.45) is 0 Å². The normalized spacial score (nSPS) is 12.0. The first kappa shape index (κ1) is 16.3. The van der Waals surface area contributed by atoms with Crippen LogP contribution >= 0.6 is 0 Å². The lowest BCUT2D eigenvalue weighted by Crippen LogP contribution is -2.11. The first-order valence-electron chi connectivity index (χ1n) is 7.22. The fourth-order valence-corrected chi connectivity index (χ4v) is 2.93. The van der Waals surface area contributed by atoms with Crippen LogP contribution in [0.1, 0.15) is 13.8 Å². The molecule has 0 saturated carbocycles. The van der Waals surface area contributed by atoms with Crippen molar-refractivity contribution < 1.29 is 12.8 Å². The van der Waals surface area contributed by atoms with Crippen molar-refractivity contribution in [3.05, 3.63) is 36.5 Å². The lowest BCUT2D eigenvalue weighted by Gasteiger charge is -2.10. The van der Waals surface area contributed by atoms with Crippen LogP contribution < -0.4 is 5.32 Å². The van der Waals surface area contributed by atoms with Crippen LogP contribution in [0, 0.1) is 5.82 Å². The highest BCUT2D eigenvalue weighted by Crippen LogP contribution is 2.24. The van der Waals surface area contributed by atoms with E-state index in [4.69, 9.17) is 0 Å². The fourth-order valence-electron chi connectivity index (χ4n) is 2.30. The number of nitrogens with one attached hydrogen (secondary N) is 1. The van der Waals surface area contributed by atoms with Gasteiger partial charge in [-0.3, -0.25) is 0 Å². The monoisotopic (exact) mass is 349 g/mol. The van der Waals surface area contributed by atoms with Crippen molar-refractivity contribution in [3.8, 4) is 5.69 Å². The number of fused-ring (bicyclic) bond motifs is 1. The molecule has 0 spiro atoms. The van der Waals surface area contributed by atoms with Gasteiger partial charge >= 0.3 is 0 Å². The summed E-state index contributed by atoms with van der Waals surface area (Å²) in [4.78, 5) is 8.25. The Morgan fingerprint density at radius 3 is 2.62 bits per heavy atom. The number of hydrogen-bond donors (Lipinski definition) is 1. The molecule has 0 fully saturated rings. The Morgan fingerprint density at radius 1 is 1.25 bits per heavy atom. The Labute approximate surface area is 138 Å². The van der Waals surface area contributed by atoms with Gasteiger partial charge in [0.05, 0.1) is 16.5 Å². The minimum Gasteiger partial charge on any atom is -0.367 e. The molecule has 7 nitrogen and oxygen atoms in total. The summed E-state index contributed by atoms with van der Waals surface area (Å²) in [5.41, 5.74) is 0.547. The third-order valence-electron chi connectivity index (χ3n) is 3.37. The minimum atomic E-state index is -3.48. The number of rotatable bonds is 4. The maximum absolute atomic E-state index is 14.4. The van der Waals surface area contributed by atoms with E-state index < -0.39 is 15.7 Å². The molecule has 0 unspecified atom stereocenters. The van der Waals surface area contributed by atoms with Gasteiger partial charge in [0, 0.05) is 12.3 Å². The third kappa shape index (κ3) is 2.94. The third-order valence-corrected chi connectivity index (χ3v) is 4.48. The summed E-state index contributed by atoms with van der Waals surface area (Å²) in [5.74, 6) is -0.0886. The first-order valence-corrected chi connectivity index (χ1v) is 9.12. The van der Waals surface area contributed by atoms with Crippen LogP contribution in [-0.2, 0) is 9.84 Å². The van der Waals surface area contributed by atoms with Crippen LogP contribution in [0.25, 0.3) is 16.7 Å². The Hall–Kier alpha value is -2.55. The number of sulfone groups is 1. The SMILES string of the molecule is CC(C)Nc1ncnc2c1cnn2-c1ccc(S(C)(=O)=O)cc1F. The molecule has 1 aromatic carbocycles. The molecule has 24 heavy (non-hydrogen) atoms. The van der Waals surface area contributed by atoms with E-state index in [9.17, 15) is 12.8 Å². The van der Waals surface area contributed by atoms with Crippen molar-refractivity contribution in [1.29, 1.82) is 0 Å². The van der Waals surface area contributed by atoms with Gasteiger partial charge in [-0.15, -0.1) is 0 Å². The van der Waals surface area contributed by atoms with Crippen molar-refractivity contribution >= 4 is 26.7 Å². The molecule has 3 rings (SSSR count). The minimum absolute atomic E-state index is 0.0861. The van der Waals surface area contributed by atoms with E-state index in [-0.39, 0.29) is 16.6 Å². The largest absolute Gasteiger partial charge is 0.367 e. The quantitative estimate of drug-likeness (QED) is 0.776. The second-order valence-corrected chi connectivity index (χ2v) is 7.72. The number of aromatic nitrogens is 4. The van der Waals surface area contributed by atoms with Gasteiger partial charge in [-0.1, -0.05) is 0 Å². The molecule has 126 valence electrons. The van der Waals surface area contributed by atoms with Gasteiger partial charge < -0.3 is 5.32 Å². The predicted octanol–water partition coefficient (Wildman–Crippen LogP) is 2.18. The van der Waals surface area contributed by atoms with Gasteiger partial charge in [-0.2, -0.15) is 5.10 Å². The van der Waals surface area contributed by atoms with Crippen LogP contribution in [0.2, 0.25) is 0 Å². The molecule has 9 heteroatoms. The van der Waals surface area contributed by atoms with E-state index in [2.05, 4.69) is 20.4 Å².